The maximum atomic E-state index is 13.7. The fourth-order valence-corrected chi connectivity index (χ4v) is 6.78. The number of nitrogens with zero attached hydrogens (tertiary/aromatic N) is 4. The second kappa shape index (κ2) is 14.7. The van der Waals surface area contributed by atoms with Crippen molar-refractivity contribution in [3.63, 3.8) is 0 Å². The highest BCUT2D eigenvalue weighted by atomic mass is 16.5. The summed E-state index contributed by atoms with van der Waals surface area (Å²) < 4.78 is 5.02. The van der Waals surface area contributed by atoms with Crippen molar-refractivity contribution in [3.8, 4) is 5.75 Å². The van der Waals surface area contributed by atoms with Crippen molar-refractivity contribution >= 4 is 11.9 Å². The number of ether oxygens (including phenoxy) is 1. The molecule has 1 amide bonds. The normalized spacial score (nSPS) is 22.8. The Labute approximate surface area is 257 Å². The molecule has 1 aliphatic carbocycles. The summed E-state index contributed by atoms with van der Waals surface area (Å²) in [5, 5.41) is 10.4. The molecular weight excluding hydrogens is 540 g/mol. The third-order valence-electron chi connectivity index (χ3n) is 9.39. The highest BCUT2D eigenvalue weighted by molar-refractivity contribution is 5.94. The van der Waals surface area contributed by atoms with Gasteiger partial charge in [0.25, 0.3) is 5.91 Å². The fraction of sp³-hybridized carbons (Fsp3) is 0.600. The zero-order chi connectivity index (χ0) is 30.3. The Balaban J connectivity index is 1.25. The molecule has 1 saturated carbocycles. The van der Waals surface area contributed by atoms with Gasteiger partial charge in [-0.25, -0.2) is 0 Å². The van der Waals surface area contributed by atoms with Crippen LogP contribution < -0.4 is 0 Å². The van der Waals surface area contributed by atoms with Gasteiger partial charge in [0.2, 0.25) is 0 Å². The number of phenols is 1. The Kier molecular flexibility index (Phi) is 10.8. The first-order chi connectivity index (χ1) is 20.8. The lowest BCUT2D eigenvalue weighted by atomic mass is 9.92. The maximum absolute atomic E-state index is 13.7. The SMILES string of the molecule is CCOC(=O)CCCCN1CCN(C(=O)c2cccc([C@H](c3cccc(O)c3)N3C[C@@H](C)N(CC4CC4)C[C@@H]3C)c2)CC1. The van der Waals surface area contributed by atoms with Crippen LogP contribution in [0.1, 0.15) is 80.4 Å². The topological polar surface area (TPSA) is 76.6 Å². The van der Waals surface area contributed by atoms with Gasteiger partial charge in [-0.05, 0) is 94.3 Å². The van der Waals surface area contributed by atoms with E-state index in [1.165, 1.54) is 19.4 Å². The number of aromatic hydroxyl groups is 1. The Bertz CT molecular complexity index is 1230. The quantitative estimate of drug-likeness (QED) is 0.282. The van der Waals surface area contributed by atoms with E-state index < -0.39 is 0 Å². The summed E-state index contributed by atoms with van der Waals surface area (Å²) >= 11 is 0. The molecule has 3 fully saturated rings. The van der Waals surface area contributed by atoms with Crippen LogP contribution in [-0.2, 0) is 9.53 Å². The van der Waals surface area contributed by atoms with E-state index in [1.54, 1.807) is 6.07 Å². The van der Waals surface area contributed by atoms with E-state index in [2.05, 4.69) is 46.7 Å². The number of unbranched alkanes of at least 4 members (excludes halogenated alkanes) is 1. The summed E-state index contributed by atoms with van der Waals surface area (Å²) in [6.07, 6.45) is 4.98. The molecule has 0 radical (unpaired) electrons. The predicted octanol–water partition coefficient (Wildman–Crippen LogP) is 4.78. The van der Waals surface area contributed by atoms with Crippen LogP contribution in [0.5, 0.6) is 5.75 Å². The largest absolute Gasteiger partial charge is 0.508 e. The standard InChI is InChI=1S/C35H50N4O4/c1-4-43-33(41)13-5-6-16-36-17-19-37(20-18-36)35(42)31-11-7-9-29(21-31)34(30-10-8-12-32(40)22-30)39-24-26(2)38(23-27(39)3)25-28-14-15-28/h7-12,21-22,26-28,34,40H,4-6,13-20,23-25H2,1-3H3/t26-,27+,34-/m1/s1. The summed E-state index contributed by atoms with van der Waals surface area (Å²) in [5.41, 5.74) is 2.86. The molecule has 0 unspecified atom stereocenters. The number of hydrogen-bond acceptors (Lipinski definition) is 7. The molecule has 2 heterocycles. The lowest BCUT2D eigenvalue weighted by Gasteiger charge is -2.48. The van der Waals surface area contributed by atoms with E-state index in [0.29, 0.717) is 38.2 Å². The number of rotatable bonds is 12. The molecular formula is C35H50N4O4. The highest BCUT2D eigenvalue weighted by Gasteiger charge is 2.37. The molecule has 0 bridgehead atoms. The summed E-state index contributed by atoms with van der Waals surface area (Å²) in [5.74, 6) is 1.09. The number of phenolic OH excluding ortho intramolecular Hbond substituents is 1. The molecule has 2 aliphatic heterocycles. The van der Waals surface area contributed by atoms with Crippen molar-refractivity contribution in [3.05, 3.63) is 65.2 Å². The second-order valence-electron chi connectivity index (χ2n) is 12.8. The molecule has 3 atom stereocenters. The van der Waals surface area contributed by atoms with Crippen LogP contribution in [-0.4, -0.2) is 108 Å². The van der Waals surface area contributed by atoms with Gasteiger partial charge >= 0.3 is 5.97 Å². The number of piperazine rings is 2. The monoisotopic (exact) mass is 590 g/mol. The van der Waals surface area contributed by atoms with Gasteiger partial charge in [0.15, 0.2) is 0 Å². The molecule has 8 heteroatoms. The minimum absolute atomic E-state index is 0.0492. The Morgan fingerprint density at radius 1 is 0.930 bits per heavy atom. The summed E-state index contributed by atoms with van der Waals surface area (Å²) in [7, 11) is 0. The Morgan fingerprint density at radius 2 is 1.65 bits per heavy atom. The second-order valence-corrected chi connectivity index (χ2v) is 12.8. The zero-order valence-corrected chi connectivity index (χ0v) is 26.3. The smallest absolute Gasteiger partial charge is 0.305 e. The molecule has 5 rings (SSSR count). The number of esters is 1. The van der Waals surface area contributed by atoms with Crippen molar-refractivity contribution in [2.24, 2.45) is 5.92 Å². The van der Waals surface area contributed by atoms with Gasteiger partial charge in [-0.15, -0.1) is 0 Å². The molecule has 234 valence electrons. The zero-order valence-electron chi connectivity index (χ0n) is 26.3. The highest BCUT2D eigenvalue weighted by Crippen LogP contribution is 2.37. The van der Waals surface area contributed by atoms with Gasteiger partial charge in [-0.1, -0.05) is 24.3 Å². The predicted molar refractivity (Wildman–Crippen MR) is 169 cm³/mol. The van der Waals surface area contributed by atoms with E-state index in [9.17, 15) is 14.7 Å². The van der Waals surface area contributed by atoms with Crippen molar-refractivity contribution < 1.29 is 19.4 Å². The molecule has 2 saturated heterocycles. The van der Waals surface area contributed by atoms with E-state index in [4.69, 9.17) is 4.74 Å². The van der Waals surface area contributed by atoms with Crippen molar-refractivity contribution in [1.82, 2.24) is 19.6 Å². The van der Waals surface area contributed by atoms with E-state index in [0.717, 1.165) is 68.2 Å². The van der Waals surface area contributed by atoms with Gasteiger partial charge in [0, 0.05) is 69.9 Å². The number of carbonyl (C=O) groups excluding carboxylic acids is 2. The lowest BCUT2D eigenvalue weighted by Crippen LogP contribution is -2.57. The van der Waals surface area contributed by atoms with Crippen LogP contribution in [0.4, 0.5) is 0 Å². The molecule has 43 heavy (non-hydrogen) atoms. The molecule has 0 aromatic heterocycles. The molecule has 1 N–H and O–H groups in total. The van der Waals surface area contributed by atoms with Crippen molar-refractivity contribution in [1.29, 1.82) is 0 Å². The third kappa shape index (κ3) is 8.37. The number of amides is 1. The van der Waals surface area contributed by atoms with Crippen LogP contribution in [0.15, 0.2) is 48.5 Å². The first-order valence-electron chi connectivity index (χ1n) is 16.4. The first-order valence-corrected chi connectivity index (χ1v) is 16.4. The summed E-state index contributed by atoms with van der Waals surface area (Å²) in [4.78, 5) is 34.9. The summed E-state index contributed by atoms with van der Waals surface area (Å²) in [6.45, 7) is 14.1. The Morgan fingerprint density at radius 3 is 2.35 bits per heavy atom. The minimum atomic E-state index is -0.119. The average molecular weight is 591 g/mol. The number of hydrogen-bond donors (Lipinski definition) is 1. The van der Waals surface area contributed by atoms with Crippen LogP contribution in [0.3, 0.4) is 0 Å². The van der Waals surface area contributed by atoms with E-state index in [-0.39, 0.29) is 23.7 Å². The maximum Gasteiger partial charge on any atom is 0.305 e. The fourth-order valence-electron chi connectivity index (χ4n) is 6.78. The molecule has 3 aliphatic rings. The number of benzene rings is 2. The van der Waals surface area contributed by atoms with Crippen LogP contribution in [0.25, 0.3) is 0 Å². The molecule has 8 nitrogen and oxygen atoms in total. The van der Waals surface area contributed by atoms with Gasteiger partial charge in [-0.2, -0.15) is 0 Å². The van der Waals surface area contributed by atoms with E-state index >= 15 is 0 Å². The van der Waals surface area contributed by atoms with Crippen molar-refractivity contribution in [2.75, 3.05) is 59.0 Å². The summed E-state index contributed by atoms with van der Waals surface area (Å²) in [6, 6.07) is 16.5. The lowest BCUT2D eigenvalue weighted by molar-refractivity contribution is -0.143. The van der Waals surface area contributed by atoms with Gasteiger partial charge < -0.3 is 14.7 Å². The van der Waals surface area contributed by atoms with Crippen LogP contribution >= 0.6 is 0 Å². The third-order valence-corrected chi connectivity index (χ3v) is 9.39. The Hall–Kier alpha value is -2.94. The van der Waals surface area contributed by atoms with Gasteiger partial charge in [0.05, 0.1) is 12.6 Å². The molecule has 2 aromatic carbocycles. The number of carbonyl (C=O) groups is 2. The first kappa shape index (κ1) is 31.5. The van der Waals surface area contributed by atoms with Gasteiger partial charge in [0.1, 0.15) is 5.75 Å². The van der Waals surface area contributed by atoms with Crippen LogP contribution in [0.2, 0.25) is 0 Å². The minimum Gasteiger partial charge on any atom is -0.508 e. The van der Waals surface area contributed by atoms with Gasteiger partial charge in [-0.3, -0.25) is 24.3 Å². The molecule has 2 aromatic rings. The van der Waals surface area contributed by atoms with Crippen molar-refractivity contribution in [2.45, 2.75) is 71.0 Å². The molecule has 0 spiro atoms. The average Bonchev–Trinajstić information content (AvgIpc) is 3.82. The van der Waals surface area contributed by atoms with Crippen LogP contribution in [0, 0.1) is 5.92 Å². The van der Waals surface area contributed by atoms with E-state index in [1.807, 2.05) is 36.1 Å².